The lowest BCUT2D eigenvalue weighted by Crippen LogP contribution is -2.43. The first-order valence-corrected chi connectivity index (χ1v) is 16.1. The standard InChI is InChI=1S/C31H42N2O4S/c34-31(35)30(20-25-8-7-9-25)33-22-27(29(23-33)26-10-3-1-4-11-26)21-32-17-14-24(15-18-32)16-19-38(36,37)28-12-5-2-6-13-28/h1-6,10-13,24-25,27,29-30H,7-9,14-23H2,(H,34,35)/t27-,29+,30+/m0/s1. The molecular weight excluding hydrogens is 496 g/mol. The lowest BCUT2D eigenvalue weighted by molar-refractivity contribution is -0.144. The van der Waals surface area contributed by atoms with E-state index in [-0.39, 0.29) is 11.8 Å². The average molecular weight is 539 g/mol. The Balaban J connectivity index is 1.18. The van der Waals surface area contributed by atoms with Gasteiger partial charge in [-0.25, -0.2) is 8.42 Å². The molecule has 2 aromatic carbocycles. The van der Waals surface area contributed by atoms with Gasteiger partial charge >= 0.3 is 5.97 Å². The Bertz CT molecular complexity index is 1140. The monoisotopic (exact) mass is 538 g/mol. The highest BCUT2D eigenvalue weighted by Crippen LogP contribution is 2.38. The summed E-state index contributed by atoms with van der Waals surface area (Å²) in [4.78, 5) is 17.5. The molecule has 2 heterocycles. The van der Waals surface area contributed by atoms with E-state index < -0.39 is 15.8 Å². The van der Waals surface area contributed by atoms with Crippen LogP contribution in [0, 0.1) is 17.8 Å². The predicted octanol–water partition coefficient (Wildman–Crippen LogP) is 4.92. The molecule has 2 aliphatic heterocycles. The first kappa shape index (κ1) is 27.4. The average Bonchev–Trinajstić information content (AvgIpc) is 3.31. The third-order valence-corrected chi connectivity index (χ3v) is 11.1. The van der Waals surface area contributed by atoms with E-state index in [9.17, 15) is 18.3 Å². The number of piperidine rings is 1. The van der Waals surface area contributed by atoms with Gasteiger partial charge in [0.2, 0.25) is 0 Å². The van der Waals surface area contributed by atoms with Crippen LogP contribution >= 0.6 is 0 Å². The van der Waals surface area contributed by atoms with Crippen molar-refractivity contribution in [3.05, 3.63) is 66.2 Å². The Labute approximate surface area is 228 Å². The fourth-order valence-corrected chi connectivity index (χ4v) is 8.18. The van der Waals surface area contributed by atoms with Gasteiger partial charge in [0.25, 0.3) is 0 Å². The summed E-state index contributed by atoms with van der Waals surface area (Å²) < 4.78 is 25.4. The number of aliphatic carboxylic acids is 1. The zero-order valence-corrected chi connectivity index (χ0v) is 23.1. The van der Waals surface area contributed by atoms with Crippen molar-refractivity contribution in [2.75, 3.05) is 38.5 Å². The number of likely N-dealkylation sites (tertiary alicyclic amines) is 2. The fourth-order valence-electron chi connectivity index (χ4n) is 6.73. The van der Waals surface area contributed by atoms with Crippen LogP contribution in [0.1, 0.15) is 56.4 Å². The molecule has 3 fully saturated rings. The summed E-state index contributed by atoms with van der Waals surface area (Å²) in [5.74, 6) is 1.29. The van der Waals surface area contributed by atoms with Crippen LogP contribution in [-0.2, 0) is 14.6 Å². The number of benzene rings is 2. The Hall–Kier alpha value is -2.22. The van der Waals surface area contributed by atoms with Crippen LogP contribution in [0.4, 0.5) is 0 Å². The van der Waals surface area contributed by atoms with Gasteiger partial charge in [-0.3, -0.25) is 9.69 Å². The number of carboxylic acid groups (broad SMARTS) is 1. The first-order valence-electron chi connectivity index (χ1n) is 14.4. The number of nitrogens with zero attached hydrogens (tertiary/aromatic N) is 2. The number of hydrogen-bond donors (Lipinski definition) is 1. The Morgan fingerprint density at radius 1 is 0.895 bits per heavy atom. The minimum Gasteiger partial charge on any atom is -0.480 e. The first-order chi connectivity index (χ1) is 18.4. The summed E-state index contributed by atoms with van der Waals surface area (Å²) in [6.07, 6.45) is 7.12. The largest absolute Gasteiger partial charge is 0.480 e. The maximum absolute atomic E-state index is 12.7. The van der Waals surface area contributed by atoms with Gasteiger partial charge in [0, 0.05) is 25.6 Å². The number of sulfone groups is 1. The molecule has 2 aromatic rings. The number of rotatable bonds is 11. The molecule has 6 nitrogen and oxygen atoms in total. The quantitative estimate of drug-likeness (QED) is 0.438. The summed E-state index contributed by atoms with van der Waals surface area (Å²) in [5.41, 5.74) is 1.31. The molecule has 0 aromatic heterocycles. The highest BCUT2D eigenvalue weighted by Gasteiger charge is 2.41. The van der Waals surface area contributed by atoms with Gasteiger partial charge in [0.15, 0.2) is 9.84 Å². The van der Waals surface area contributed by atoms with Crippen molar-refractivity contribution in [3.8, 4) is 0 Å². The van der Waals surface area contributed by atoms with E-state index in [1.165, 1.54) is 24.8 Å². The number of carboxylic acids is 1. The summed E-state index contributed by atoms with van der Waals surface area (Å²) in [6.45, 7) is 4.59. The summed E-state index contributed by atoms with van der Waals surface area (Å²) in [7, 11) is -3.22. The van der Waals surface area contributed by atoms with Gasteiger partial charge in [-0.15, -0.1) is 0 Å². The lowest BCUT2D eigenvalue weighted by Gasteiger charge is -2.35. The molecule has 0 amide bonds. The molecule has 0 bridgehead atoms. The number of carbonyl (C=O) groups is 1. The molecule has 1 aliphatic carbocycles. The third kappa shape index (κ3) is 6.67. The zero-order chi connectivity index (χ0) is 26.5. The van der Waals surface area contributed by atoms with Crippen molar-refractivity contribution in [1.29, 1.82) is 0 Å². The summed E-state index contributed by atoms with van der Waals surface area (Å²) in [5, 5.41) is 10.1. The molecule has 0 unspecified atom stereocenters. The van der Waals surface area contributed by atoms with Crippen molar-refractivity contribution >= 4 is 15.8 Å². The van der Waals surface area contributed by atoms with Crippen LogP contribution in [-0.4, -0.2) is 73.8 Å². The van der Waals surface area contributed by atoms with Gasteiger partial charge < -0.3 is 10.0 Å². The molecule has 1 saturated carbocycles. The molecule has 5 rings (SSSR count). The summed E-state index contributed by atoms with van der Waals surface area (Å²) in [6, 6.07) is 19.0. The second-order valence-electron chi connectivity index (χ2n) is 11.8. The van der Waals surface area contributed by atoms with E-state index in [2.05, 4.69) is 34.1 Å². The molecule has 0 spiro atoms. The van der Waals surface area contributed by atoms with Gasteiger partial charge in [-0.2, -0.15) is 0 Å². The van der Waals surface area contributed by atoms with Gasteiger partial charge in [0.05, 0.1) is 10.6 Å². The van der Waals surface area contributed by atoms with Crippen molar-refractivity contribution < 1.29 is 18.3 Å². The van der Waals surface area contributed by atoms with E-state index in [4.69, 9.17) is 0 Å². The van der Waals surface area contributed by atoms with Gasteiger partial charge in [-0.05, 0) is 74.2 Å². The van der Waals surface area contributed by atoms with Crippen molar-refractivity contribution in [2.24, 2.45) is 17.8 Å². The molecular formula is C31H42N2O4S. The molecule has 2 saturated heterocycles. The molecule has 7 heteroatoms. The number of hydrogen-bond acceptors (Lipinski definition) is 5. The minimum atomic E-state index is -3.22. The van der Waals surface area contributed by atoms with Crippen molar-refractivity contribution in [3.63, 3.8) is 0 Å². The lowest BCUT2D eigenvalue weighted by atomic mass is 9.80. The third-order valence-electron chi connectivity index (χ3n) is 9.30. The Morgan fingerprint density at radius 3 is 2.16 bits per heavy atom. The van der Waals surface area contributed by atoms with Crippen LogP contribution in [0.5, 0.6) is 0 Å². The van der Waals surface area contributed by atoms with Gasteiger partial charge in [-0.1, -0.05) is 67.8 Å². The van der Waals surface area contributed by atoms with Crippen LogP contribution in [0.15, 0.2) is 65.6 Å². The minimum absolute atomic E-state index is 0.215. The van der Waals surface area contributed by atoms with Crippen molar-refractivity contribution in [2.45, 2.75) is 61.8 Å². The fraction of sp³-hybridized carbons (Fsp3) is 0.581. The molecule has 0 radical (unpaired) electrons. The smallest absolute Gasteiger partial charge is 0.320 e. The van der Waals surface area contributed by atoms with Crippen LogP contribution in [0.3, 0.4) is 0 Å². The highest BCUT2D eigenvalue weighted by molar-refractivity contribution is 7.91. The second-order valence-corrected chi connectivity index (χ2v) is 13.9. The van der Waals surface area contributed by atoms with E-state index in [0.29, 0.717) is 28.6 Å². The topological polar surface area (TPSA) is 77.9 Å². The molecule has 206 valence electrons. The molecule has 1 N–H and O–H groups in total. The van der Waals surface area contributed by atoms with Crippen LogP contribution in [0.2, 0.25) is 0 Å². The molecule has 38 heavy (non-hydrogen) atoms. The molecule has 3 atom stereocenters. The van der Waals surface area contributed by atoms with Gasteiger partial charge in [0.1, 0.15) is 6.04 Å². The second kappa shape index (κ2) is 12.3. The highest BCUT2D eigenvalue weighted by atomic mass is 32.2. The maximum Gasteiger partial charge on any atom is 0.320 e. The van der Waals surface area contributed by atoms with Crippen LogP contribution in [0.25, 0.3) is 0 Å². The SMILES string of the molecule is O=C(O)[C@@H](CC1CCC1)N1C[C@H](CN2CCC(CCS(=O)(=O)c3ccccc3)CC2)[C@@H](c2ccccc2)C1. The van der Waals surface area contributed by atoms with E-state index in [1.807, 2.05) is 12.1 Å². The van der Waals surface area contributed by atoms with E-state index >= 15 is 0 Å². The van der Waals surface area contributed by atoms with Crippen LogP contribution < -0.4 is 0 Å². The van der Waals surface area contributed by atoms with Crippen molar-refractivity contribution in [1.82, 2.24) is 9.80 Å². The Morgan fingerprint density at radius 2 is 1.55 bits per heavy atom. The normalized spacial score (nSPS) is 24.7. The molecule has 3 aliphatic rings. The predicted molar refractivity (Wildman–Crippen MR) is 150 cm³/mol. The Kier molecular flexibility index (Phi) is 8.86. The summed E-state index contributed by atoms with van der Waals surface area (Å²) >= 11 is 0. The zero-order valence-electron chi connectivity index (χ0n) is 22.3. The maximum atomic E-state index is 12.7. The van der Waals surface area contributed by atoms with E-state index in [0.717, 1.165) is 58.4 Å². The van der Waals surface area contributed by atoms with E-state index in [1.54, 1.807) is 24.3 Å².